The molecule has 2 aliphatic carbocycles. The van der Waals surface area contributed by atoms with Gasteiger partial charge in [0, 0.05) is 24.5 Å². The van der Waals surface area contributed by atoms with E-state index in [-0.39, 0.29) is 0 Å². The Balaban J connectivity index is 1.52. The van der Waals surface area contributed by atoms with Gasteiger partial charge in [-0.3, -0.25) is 0 Å². The van der Waals surface area contributed by atoms with Crippen LogP contribution < -0.4 is 0 Å². The van der Waals surface area contributed by atoms with Crippen molar-refractivity contribution < 1.29 is 0 Å². The molecule has 3 atom stereocenters. The minimum atomic E-state index is 0.822. The van der Waals surface area contributed by atoms with Gasteiger partial charge >= 0.3 is 0 Å². The fraction of sp³-hybridized carbons (Fsp3) is 1.00. The van der Waals surface area contributed by atoms with E-state index in [0.717, 1.165) is 22.6 Å². The maximum absolute atomic E-state index is 3.80. The Labute approximate surface area is 102 Å². The molecule has 3 fully saturated rings. The summed E-state index contributed by atoms with van der Waals surface area (Å²) < 4.78 is 0. The van der Waals surface area contributed by atoms with Gasteiger partial charge in [0.25, 0.3) is 0 Å². The van der Waals surface area contributed by atoms with E-state index in [9.17, 15) is 0 Å². The molecule has 2 saturated carbocycles. The van der Waals surface area contributed by atoms with E-state index in [1.807, 2.05) is 0 Å². The molecule has 0 bridgehead atoms. The first kappa shape index (κ1) is 10.6. The molecular formula is C13H22BrN. The fourth-order valence-corrected chi connectivity index (χ4v) is 4.41. The van der Waals surface area contributed by atoms with E-state index in [1.165, 1.54) is 58.2 Å². The zero-order valence-corrected chi connectivity index (χ0v) is 11.1. The van der Waals surface area contributed by atoms with Crippen LogP contribution in [0.3, 0.4) is 0 Å². The lowest BCUT2D eigenvalue weighted by Crippen LogP contribution is -2.31. The van der Waals surface area contributed by atoms with Gasteiger partial charge in [0.2, 0.25) is 0 Å². The molecule has 3 rings (SSSR count). The fourth-order valence-electron chi connectivity index (χ4n) is 3.66. The van der Waals surface area contributed by atoms with Crippen LogP contribution in [0.5, 0.6) is 0 Å². The summed E-state index contributed by atoms with van der Waals surface area (Å²) in [5.74, 6) is 3.12. The van der Waals surface area contributed by atoms with Gasteiger partial charge < -0.3 is 4.90 Å². The summed E-state index contributed by atoms with van der Waals surface area (Å²) in [5, 5.41) is 0. The van der Waals surface area contributed by atoms with Crippen LogP contribution in [0.25, 0.3) is 0 Å². The van der Waals surface area contributed by atoms with Crippen LogP contribution >= 0.6 is 15.9 Å². The van der Waals surface area contributed by atoms with Crippen LogP contribution in [0.2, 0.25) is 0 Å². The third-order valence-electron chi connectivity index (χ3n) is 4.80. The molecule has 0 N–H and O–H groups in total. The monoisotopic (exact) mass is 271 g/mol. The maximum Gasteiger partial charge on any atom is 0.0149 e. The first-order chi connectivity index (χ1) is 7.31. The summed E-state index contributed by atoms with van der Waals surface area (Å²) in [7, 11) is 0. The standard InChI is InChI=1S/C13H22BrN/c14-13-5-4-11-8-15(9-12(11)6-13)7-10-2-1-3-10/h10-13H,1-9H2. The average molecular weight is 272 g/mol. The Kier molecular flexibility index (Phi) is 3.08. The van der Waals surface area contributed by atoms with Crippen LogP contribution in [-0.2, 0) is 0 Å². The summed E-state index contributed by atoms with van der Waals surface area (Å²) >= 11 is 3.80. The molecule has 0 aromatic carbocycles. The van der Waals surface area contributed by atoms with Gasteiger partial charge in [0.1, 0.15) is 0 Å². The molecule has 1 saturated heterocycles. The van der Waals surface area contributed by atoms with E-state index in [4.69, 9.17) is 0 Å². The lowest BCUT2D eigenvalue weighted by molar-refractivity contribution is 0.198. The van der Waals surface area contributed by atoms with Crippen molar-refractivity contribution in [3.8, 4) is 0 Å². The number of hydrogen-bond acceptors (Lipinski definition) is 1. The molecule has 1 heterocycles. The number of rotatable bonds is 2. The van der Waals surface area contributed by atoms with Crippen LogP contribution in [0.4, 0.5) is 0 Å². The minimum Gasteiger partial charge on any atom is -0.302 e. The lowest BCUT2D eigenvalue weighted by Gasteiger charge is -2.30. The molecule has 3 unspecified atom stereocenters. The van der Waals surface area contributed by atoms with E-state index in [0.29, 0.717) is 0 Å². The Morgan fingerprint density at radius 2 is 1.80 bits per heavy atom. The summed E-state index contributed by atoms with van der Waals surface area (Å²) in [6, 6.07) is 0. The molecule has 2 heteroatoms. The molecule has 0 aromatic rings. The molecule has 3 aliphatic rings. The van der Waals surface area contributed by atoms with Gasteiger partial charge in [-0.25, -0.2) is 0 Å². The lowest BCUT2D eigenvalue weighted by atomic mass is 9.82. The molecule has 0 amide bonds. The van der Waals surface area contributed by atoms with Crippen molar-refractivity contribution in [3.63, 3.8) is 0 Å². The van der Waals surface area contributed by atoms with E-state index >= 15 is 0 Å². The number of hydrogen-bond donors (Lipinski definition) is 0. The molecule has 0 spiro atoms. The molecular weight excluding hydrogens is 250 g/mol. The van der Waals surface area contributed by atoms with E-state index in [2.05, 4.69) is 20.8 Å². The first-order valence-electron chi connectivity index (χ1n) is 6.67. The number of halogens is 1. The van der Waals surface area contributed by atoms with E-state index < -0.39 is 0 Å². The van der Waals surface area contributed by atoms with Crippen molar-refractivity contribution in [1.29, 1.82) is 0 Å². The predicted octanol–water partition coefficient (Wildman–Crippen LogP) is 3.28. The zero-order chi connectivity index (χ0) is 10.3. The number of alkyl halides is 1. The van der Waals surface area contributed by atoms with E-state index in [1.54, 1.807) is 0 Å². The van der Waals surface area contributed by atoms with Crippen molar-refractivity contribution in [2.24, 2.45) is 17.8 Å². The Bertz CT molecular complexity index is 227. The highest BCUT2D eigenvalue weighted by atomic mass is 79.9. The van der Waals surface area contributed by atoms with Crippen LogP contribution in [0, 0.1) is 17.8 Å². The molecule has 0 aromatic heterocycles. The first-order valence-corrected chi connectivity index (χ1v) is 7.59. The summed E-state index contributed by atoms with van der Waals surface area (Å²) in [5.41, 5.74) is 0. The van der Waals surface area contributed by atoms with Crippen LogP contribution in [0.15, 0.2) is 0 Å². The predicted molar refractivity (Wildman–Crippen MR) is 67.3 cm³/mol. The summed E-state index contributed by atoms with van der Waals surface area (Å²) in [4.78, 5) is 3.59. The number of fused-ring (bicyclic) bond motifs is 1. The normalized spacial score (nSPS) is 42.6. The molecule has 1 aliphatic heterocycles. The van der Waals surface area contributed by atoms with Crippen molar-refractivity contribution in [1.82, 2.24) is 4.90 Å². The summed E-state index contributed by atoms with van der Waals surface area (Å²) in [6.45, 7) is 4.24. The van der Waals surface area contributed by atoms with Crippen molar-refractivity contribution >= 4 is 15.9 Å². The molecule has 0 radical (unpaired) electrons. The zero-order valence-electron chi connectivity index (χ0n) is 9.50. The summed E-state index contributed by atoms with van der Waals surface area (Å²) in [6.07, 6.45) is 8.83. The minimum absolute atomic E-state index is 0.822. The third kappa shape index (κ3) is 2.26. The third-order valence-corrected chi connectivity index (χ3v) is 5.63. The highest BCUT2D eigenvalue weighted by molar-refractivity contribution is 9.09. The molecule has 1 nitrogen and oxygen atoms in total. The van der Waals surface area contributed by atoms with Gasteiger partial charge in [-0.15, -0.1) is 0 Å². The second-order valence-electron chi connectivity index (χ2n) is 5.95. The topological polar surface area (TPSA) is 3.24 Å². The van der Waals surface area contributed by atoms with Gasteiger partial charge in [0.05, 0.1) is 0 Å². The van der Waals surface area contributed by atoms with Gasteiger partial charge in [-0.2, -0.15) is 0 Å². The highest BCUT2D eigenvalue weighted by Gasteiger charge is 2.37. The smallest absolute Gasteiger partial charge is 0.0149 e. The Hall–Kier alpha value is 0.440. The highest BCUT2D eigenvalue weighted by Crippen LogP contribution is 2.39. The quantitative estimate of drug-likeness (QED) is 0.697. The Morgan fingerprint density at radius 1 is 1.00 bits per heavy atom. The SMILES string of the molecule is BrC1CCC2CN(CC3CCC3)CC2C1. The van der Waals surface area contributed by atoms with Crippen LogP contribution in [0.1, 0.15) is 38.5 Å². The molecule has 86 valence electrons. The van der Waals surface area contributed by atoms with Crippen molar-refractivity contribution in [2.45, 2.75) is 43.4 Å². The number of nitrogens with zero attached hydrogens (tertiary/aromatic N) is 1. The second-order valence-corrected chi connectivity index (χ2v) is 7.24. The van der Waals surface area contributed by atoms with Crippen LogP contribution in [-0.4, -0.2) is 29.4 Å². The molecule has 15 heavy (non-hydrogen) atoms. The second kappa shape index (κ2) is 4.37. The van der Waals surface area contributed by atoms with Crippen molar-refractivity contribution in [2.75, 3.05) is 19.6 Å². The largest absolute Gasteiger partial charge is 0.302 e. The van der Waals surface area contributed by atoms with Gasteiger partial charge in [-0.05, 0) is 49.9 Å². The average Bonchev–Trinajstić information content (AvgIpc) is 2.53. The number of likely N-dealkylation sites (tertiary alicyclic amines) is 1. The Morgan fingerprint density at radius 3 is 2.53 bits per heavy atom. The van der Waals surface area contributed by atoms with Gasteiger partial charge in [-0.1, -0.05) is 22.4 Å². The maximum atomic E-state index is 3.80. The van der Waals surface area contributed by atoms with Crippen molar-refractivity contribution in [3.05, 3.63) is 0 Å². The van der Waals surface area contributed by atoms with Gasteiger partial charge in [0.15, 0.2) is 0 Å².